The van der Waals surface area contributed by atoms with E-state index in [9.17, 15) is 14.4 Å². The third-order valence-electron chi connectivity index (χ3n) is 4.69. The summed E-state index contributed by atoms with van der Waals surface area (Å²) in [4.78, 5) is 37.4. The van der Waals surface area contributed by atoms with Crippen LogP contribution < -0.4 is 0 Å². The number of ether oxygens (including phenoxy) is 2. The van der Waals surface area contributed by atoms with Gasteiger partial charge in [0, 0.05) is 5.56 Å². The Morgan fingerprint density at radius 3 is 2.04 bits per heavy atom. The Morgan fingerprint density at radius 2 is 1.41 bits per heavy atom. The molecule has 0 aromatic heterocycles. The van der Waals surface area contributed by atoms with Gasteiger partial charge in [-0.2, -0.15) is 0 Å². The molecular weight excluding hydrogens is 344 g/mol. The van der Waals surface area contributed by atoms with E-state index in [0.29, 0.717) is 11.1 Å². The van der Waals surface area contributed by atoms with Crippen molar-refractivity contribution in [1.29, 1.82) is 0 Å². The van der Waals surface area contributed by atoms with Gasteiger partial charge in [-0.3, -0.25) is 4.79 Å². The highest BCUT2D eigenvalue weighted by Gasteiger charge is 2.32. The SMILES string of the molecule is O=C(OC(C(=O)OC(=O)C1CCCCC1)c1ccccc1)c1ccccc1. The van der Waals surface area contributed by atoms with E-state index in [0.717, 1.165) is 32.1 Å². The van der Waals surface area contributed by atoms with Crippen LogP contribution in [0.1, 0.15) is 54.1 Å². The molecule has 5 nitrogen and oxygen atoms in total. The molecule has 5 heteroatoms. The number of hydrogen-bond donors (Lipinski definition) is 0. The van der Waals surface area contributed by atoms with Crippen LogP contribution in [-0.2, 0) is 19.1 Å². The Balaban J connectivity index is 1.74. The van der Waals surface area contributed by atoms with E-state index in [2.05, 4.69) is 0 Å². The molecule has 0 N–H and O–H groups in total. The summed E-state index contributed by atoms with van der Waals surface area (Å²) < 4.78 is 10.5. The van der Waals surface area contributed by atoms with Crippen LogP contribution in [0.3, 0.4) is 0 Å². The van der Waals surface area contributed by atoms with Crippen LogP contribution in [0.5, 0.6) is 0 Å². The minimum absolute atomic E-state index is 0.260. The van der Waals surface area contributed by atoms with Gasteiger partial charge in [0.05, 0.1) is 11.5 Å². The summed E-state index contributed by atoms with van der Waals surface area (Å²) in [6.07, 6.45) is 3.18. The number of carbonyl (C=O) groups is 3. The third kappa shape index (κ3) is 5.03. The molecule has 0 saturated heterocycles. The summed E-state index contributed by atoms with van der Waals surface area (Å²) in [5.74, 6) is -2.30. The van der Waals surface area contributed by atoms with Gasteiger partial charge in [0.1, 0.15) is 0 Å². The molecule has 1 atom stereocenters. The van der Waals surface area contributed by atoms with Crippen LogP contribution in [0.15, 0.2) is 60.7 Å². The van der Waals surface area contributed by atoms with Gasteiger partial charge < -0.3 is 9.47 Å². The molecule has 2 aromatic rings. The smallest absolute Gasteiger partial charge is 0.359 e. The molecule has 140 valence electrons. The summed E-state index contributed by atoms with van der Waals surface area (Å²) in [6, 6.07) is 17.0. The van der Waals surface area contributed by atoms with Crippen molar-refractivity contribution >= 4 is 17.9 Å². The number of benzene rings is 2. The second-order valence-electron chi connectivity index (χ2n) is 6.64. The first-order chi connectivity index (χ1) is 13.1. The van der Waals surface area contributed by atoms with Gasteiger partial charge in [0.2, 0.25) is 6.10 Å². The normalized spacial score (nSPS) is 15.6. The van der Waals surface area contributed by atoms with Crippen molar-refractivity contribution in [2.24, 2.45) is 5.92 Å². The molecule has 0 amide bonds. The number of esters is 3. The van der Waals surface area contributed by atoms with Crippen molar-refractivity contribution in [3.63, 3.8) is 0 Å². The van der Waals surface area contributed by atoms with E-state index >= 15 is 0 Å². The molecule has 1 saturated carbocycles. The van der Waals surface area contributed by atoms with E-state index in [1.807, 2.05) is 0 Å². The third-order valence-corrected chi connectivity index (χ3v) is 4.69. The fraction of sp³-hybridized carbons (Fsp3) is 0.318. The summed E-state index contributed by atoms with van der Waals surface area (Å²) in [6.45, 7) is 0. The molecule has 0 radical (unpaired) electrons. The average Bonchev–Trinajstić information content (AvgIpc) is 2.73. The monoisotopic (exact) mass is 366 g/mol. The van der Waals surface area contributed by atoms with E-state index in [1.165, 1.54) is 0 Å². The lowest BCUT2D eigenvalue weighted by atomic mass is 9.89. The molecule has 0 heterocycles. The number of rotatable bonds is 5. The second kappa shape index (κ2) is 9.12. The standard InChI is InChI=1S/C22H22O5/c23-20(17-12-6-2-7-13-17)26-19(16-10-4-1-5-11-16)22(25)27-21(24)18-14-8-3-9-15-18/h1-2,4-7,10-13,18-19H,3,8-9,14-15H2. The van der Waals surface area contributed by atoms with Gasteiger partial charge in [-0.25, -0.2) is 9.59 Å². The average molecular weight is 366 g/mol. The second-order valence-corrected chi connectivity index (χ2v) is 6.64. The van der Waals surface area contributed by atoms with Gasteiger partial charge in [-0.05, 0) is 25.0 Å². The fourth-order valence-corrected chi connectivity index (χ4v) is 3.20. The molecule has 0 spiro atoms. The van der Waals surface area contributed by atoms with Gasteiger partial charge in [0.15, 0.2) is 0 Å². The molecule has 27 heavy (non-hydrogen) atoms. The van der Waals surface area contributed by atoms with Crippen LogP contribution in [0.25, 0.3) is 0 Å². The van der Waals surface area contributed by atoms with Crippen LogP contribution in [-0.4, -0.2) is 17.9 Å². The fourth-order valence-electron chi connectivity index (χ4n) is 3.20. The van der Waals surface area contributed by atoms with Crippen molar-refractivity contribution in [3.05, 3.63) is 71.8 Å². The first-order valence-electron chi connectivity index (χ1n) is 9.21. The zero-order valence-electron chi connectivity index (χ0n) is 15.0. The summed E-state index contributed by atoms with van der Waals surface area (Å²) in [5, 5.41) is 0. The lowest BCUT2D eigenvalue weighted by molar-refractivity contribution is -0.169. The van der Waals surface area contributed by atoms with E-state index in [1.54, 1.807) is 60.7 Å². The van der Waals surface area contributed by atoms with Gasteiger partial charge in [-0.15, -0.1) is 0 Å². The highest BCUT2D eigenvalue weighted by molar-refractivity contribution is 5.94. The molecule has 3 rings (SSSR count). The van der Waals surface area contributed by atoms with E-state index in [-0.39, 0.29) is 5.92 Å². The summed E-state index contributed by atoms with van der Waals surface area (Å²) >= 11 is 0. The first kappa shape index (κ1) is 18.8. The summed E-state index contributed by atoms with van der Waals surface area (Å²) in [5.41, 5.74) is 0.785. The van der Waals surface area contributed by atoms with Crippen molar-refractivity contribution in [1.82, 2.24) is 0 Å². The lowest BCUT2D eigenvalue weighted by Crippen LogP contribution is -2.28. The molecule has 0 aliphatic heterocycles. The topological polar surface area (TPSA) is 69.7 Å². The predicted molar refractivity (Wildman–Crippen MR) is 98.7 cm³/mol. The molecule has 1 unspecified atom stereocenters. The Kier molecular flexibility index (Phi) is 6.36. The number of hydrogen-bond acceptors (Lipinski definition) is 5. The molecule has 1 aliphatic carbocycles. The van der Waals surface area contributed by atoms with Crippen LogP contribution in [0.4, 0.5) is 0 Å². The molecule has 2 aromatic carbocycles. The largest absolute Gasteiger partial charge is 0.442 e. The van der Waals surface area contributed by atoms with Crippen molar-refractivity contribution in [2.75, 3.05) is 0 Å². The van der Waals surface area contributed by atoms with E-state index in [4.69, 9.17) is 9.47 Å². The summed E-state index contributed by atoms with van der Waals surface area (Å²) in [7, 11) is 0. The van der Waals surface area contributed by atoms with Gasteiger partial charge >= 0.3 is 17.9 Å². The van der Waals surface area contributed by atoms with Crippen molar-refractivity contribution in [3.8, 4) is 0 Å². The van der Waals surface area contributed by atoms with Crippen molar-refractivity contribution in [2.45, 2.75) is 38.2 Å². The highest BCUT2D eigenvalue weighted by Crippen LogP contribution is 2.26. The number of carbonyl (C=O) groups excluding carboxylic acids is 3. The maximum absolute atomic E-state index is 12.6. The van der Waals surface area contributed by atoms with E-state index < -0.39 is 24.0 Å². The van der Waals surface area contributed by atoms with Gasteiger partial charge in [-0.1, -0.05) is 67.8 Å². The lowest BCUT2D eigenvalue weighted by Gasteiger charge is -2.21. The quantitative estimate of drug-likeness (QED) is 0.585. The minimum Gasteiger partial charge on any atom is -0.442 e. The predicted octanol–water partition coefficient (Wildman–Crippen LogP) is 4.23. The maximum Gasteiger partial charge on any atom is 0.359 e. The van der Waals surface area contributed by atoms with Crippen LogP contribution in [0, 0.1) is 5.92 Å². The Hall–Kier alpha value is -2.95. The minimum atomic E-state index is -1.29. The van der Waals surface area contributed by atoms with Crippen LogP contribution >= 0.6 is 0 Å². The van der Waals surface area contributed by atoms with Gasteiger partial charge in [0.25, 0.3) is 0 Å². The Morgan fingerprint density at radius 1 is 0.815 bits per heavy atom. The Labute approximate surface area is 158 Å². The highest BCUT2D eigenvalue weighted by atomic mass is 16.6. The van der Waals surface area contributed by atoms with Crippen LogP contribution in [0.2, 0.25) is 0 Å². The zero-order chi connectivity index (χ0) is 19.1. The zero-order valence-corrected chi connectivity index (χ0v) is 15.0. The molecule has 0 bridgehead atoms. The Bertz CT molecular complexity index is 779. The molecule has 1 fully saturated rings. The van der Waals surface area contributed by atoms with Crippen molar-refractivity contribution < 1.29 is 23.9 Å². The maximum atomic E-state index is 12.6. The molecule has 1 aliphatic rings. The molecular formula is C22H22O5. The first-order valence-corrected chi connectivity index (χ1v) is 9.21.